The van der Waals surface area contributed by atoms with Crippen LogP contribution in [0.1, 0.15) is 12.8 Å². The molecule has 0 spiro atoms. The number of nitrogens with one attached hydrogen (secondary N) is 1. The summed E-state index contributed by atoms with van der Waals surface area (Å²) in [6.07, 6.45) is 2.25. The van der Waals surface area contributed by atoms with E-state index in [-0.39, 0.29) is 18.3 Å². The van der Waals surface area contributed by atoms with E-state index in [4.69, 9.17) is 28.9 Å². The second-order valence-electron chi connectivity index (χ2n) is 5.16. The van der Waals surface area contributed by atoms with Crippen LogP contribution < -0.4 is 11.1 Å². The third-order valence-corrected chi connectivity index (χ3v) is 4.25. The first kappa shape index (κ1) is 18.5. The van der Waals surface area contributed by atoms with E-state index >= 15 is 0 Å². The summed E-state index contributed by atoms with van der Waals surface area (Å²) in [5, 5.41) is 3.75. The molecule has 1 aromatic rings. The van der Waals surface area contributed by atoms with E-state index in [1.807, 2.05) is 0 Å². The summed E-state index contributed by atoms with van der Waals surface area (Å²) in [5.41, 5.74) is 6.36. The van der Waals surface area contributed by atoms with Gasteiger partial charge in [-0.2, -0.15) is 0 Å². The lowest BCUT2D eigenvalue weighted by atomic mass is 9.98. The van der Waals surface area contributed by atoms with Gasteiger partial charge in [0.15, 0.2) is 0 Å². The third kappa shape index (κ3) is 5.64. The van der Waals surface area contributed by atoms with Gasteiger partial charge < -0.3 is 11.1 Å². The van der Waals surface area contributed by atoms with Gasteiger partial charge in [0.25, 0.3) is 0 Å². The van der Waals surface area contributed by atoms with Crippen molar-refractivity contribution in [2.45, 2.75) is 12.8 Å². The van der Waals surface area contributed by atoms with Gasteiger partial charge in [-0.05, 0) is 50.0 Å². The van der Waals surface area contributed by atoms with E-state index in [0.29, 0.717) is 34.7 Å². The Morgan fingerprint density at radius 3 is 2.81 bits per heavy atom. The molecule has 1 heterocycles. The number of halogens is 3. The SMILES string of the molecule is Cl.NCC1CCCN(CC(=O)Nc2ccc(Cl)c(Cl)c2)C1. The van der Waals surface area contributed by atoms with Crippen LogP contribution in [0, 0.1) is 5.92 Å². The molecule has 1 saturated heterocycles. The van der Waals surface area contributed by atoms with Gasteiger partial charge in [-0.25, -0.2) is 0 Å². The Morgan fingerprint density at radius 1 is 1.38 bits per heavy atom. The van der Waals surface area contributed by atoms with Crippen LogP contribution in [0.2, 0.25) is 10.0 Å². The van der Waals surface area contributed by atoms with Crippen LogP contribution in [0.15, 0.2) is 18.2 Å². The number of amides is 1. The van der Waals surface area contributed by atoms with Gasteiger partial charge in [0.1, 0.15) is 0 Å². The van der Waals surface area contributed by atoms with Crippen molar-refractivity contribution in [3.05, 3.63) is 28.2 Å². The Labute approximate surface area is 141 Å². The average molecular weight is 353 g/mol. The minimum atomic E-state index is -0.0407. The molecular weight excluding hydrogens is 333 g/mol. The van der Waals surface area contributed by atoms with E-state index in [1.165, 1.54) is 0 Å². The number of nitrogens with two attached hydrogens (primary N) is 1. The van der Waals surface area contributed by atoms with Crippen LogP contribution in [0.3, 0.4) is 0 Å². The lowest BCUT2D eigenvalue weighted by Crippen LogP contribution is -2.42. The molecule has 118 valence electrons. The Hall–Kier alpha value is -0.520. The predicted molar refractivity (Wildman–Crippen MR) is 90.6 cm³/mol. The monoisotopic (exact) mass is 351 g/mol. The van der Waals surface area contributed by atoms with Crippen molar-refractivity contribution in [2.24, 2.45) is 11.7 Å². The van der Waals surface area contributed by atoms with Crippen molar-refractivity contribution in [3.63, 3.8) is 0 Å². The minimum Gasteiger partial charge on any atom is -0.330 e. The number of nitrogens with zero attached hydrogens (tertiary/aromatic N) is 1. The highest BCUT2D eigenvalue weighted by Crippen LogP contribution is 2.25. The Bertz CT molecular complexity index is 485. The van der Waals surface area contributed by atoms with Gasteiger partial charge in [0.05, 0.1) is 16.6 Å². The van der Waals surface area contributed by atoms with Gasteiger partial charge >= 0.3 is 0 Å². The van der Waals surface area contributed by atoms with Gasteiger partial charge in [0.2, 0.25) is 5.91 Å². The van der Waals surface area contributed by atoms with E-state index in [9.17, 15) is 4.79 Å². The number of anilines is 1. The van der Waals surface area contributed by atoms with E-state index in [0.717, 1.165) is 25.9 Å². The second kappa shape index (κ2) is 8.81. The van der Waals surface area contributed by atoms with Crippen LogP contribution in [0.25, 0.3) is 0 Å². The maximum atomic E-state index is 12.0. The Kier molecular flexibility index (Phi) is 7.77. The van der Waals surface area contributed by atoms with Gasteiger partial charge in [0, 0.05) is 12.2 Å². The molecule has 4 nitrogen and oxygen atoms in total. The molecule has 7 heteroatoms. The Morgan fingerprint density at radius 2 is 2.14 bits per heavy atom. The number of hydrogen-bond acceptors (Lipinski definition) is 3. The molecule has 0 saturated carbocycles. The highest BCUT2D eigenvalue weighted by molar-refractivity contribution is 6.42. The molecule has 0 bridgehead atoms. The summed E-state index contributed by atoms with van der Waals surface area (Å²) in [6.45, 7) is 2.91. The average Bonchev–Trinajstić information content (AvgIpc) is 2.43. The fourth-order valence-corrected chi connectivity index (χ4v) is 2.76. The molecular formula is C14H20Cl3N3O. The minimum absolute atomic E-state index is 0. The summed E-state index contributed by atoms with van der Waals surface area (Å²) in [4.78, 5) is 14.2. The van der Waals surface area contributed by atoms with E-state index in [2.05, 4.69) is 10.2 Å². The Balaban J connectivity index is 0.00000220. The lowest BCUT2D eigenvalue weighted by molar-refractivity contribution is -0.117. The maximum absolute atomic E-state index is 12.0. The fourth-order valence-electron chi connectivity index (χ4n) is 2.46. The molecule has 21 heavy (non-hydrogen) atoms. The van der Waals surface area contributed by atoms with Crippen molar-refractivity contribution in [2.75, 3.05) is 31.5 Å². The van der Waals surface area contributed by atoms with Crippen LogP contribution in [0.4, 0.5) is 5.69 Å². The highest BCUT2D eigenvalue weighted by atomic mass is 35.5. The zero-order valence-corrected chi connectivity index (χ0v) is 14.0. The van der Waals surface area contributed by atoms with Crippen LogP contribution in [-0.4, -0.2) is 37.0 Å². The lowest BCUT2D eigenvalue weighted by Gasteiger charge is -2.31. The number of likely N-dealkylation sites (tertiary alicyclic amines) is 1. The van der Waals surface area contributed by atoms with E-state index < -0.39 is 0 Å². The third-order valence-electron chi connectivity index (χ3n) is 3.51. The molecule has 1 aliphatic rings. The topological polar surface area (TPSA) is 58.4 Å². The zero-order valence-electron chi connectivity index (χ0n) is 11.6. The molecule has 1 atom stereocenters. The number of rotatable bonds is 4. The molecule has 0 radical (unpaired) electrons. The molecule has 3 N–H and O–H groups in total. The predicted octanol–water partition coefficient (Wildman–Crippen LogP) is 3.02. The molecule has 1 aromatic carbocycles. The van der Waals surface area contributed by atoms with Crippen molar-refractivity contribution in [1.29, 1.82) is 0 Å². The van der Waals surface area contributed by atoms with Crippen molar-refractivity contribution >= 4 is 47.2 Å². The van der Waals surface area contributed by atoms with E-state index in [1.54, 1.807) is 18.2 Å². The normalized spacial score (nSPS) is 18.9. The first-order valence-corrected chi connectivity index (χ1v) is 7.51. The highest BCUT2D eigenvalue weighted by Gasteiger charge is 2.20. The molecule has 1 unspecified atom stereocenters. The van der Waals surface area contributed by atoms with Crippen LogP contribution >= 0.6 is 35.6 Å². The zero-order chi connectivity index (χ0) is 14.5. The number of piperidine rings is 1. The van der Waals surface area contributed by atoms with Crippen LogP contribution in [-0.2, 0) is 4.79 Å². The maximum Gasteiger partial charge on any atom is 0.238 e. The summed E-state index contributed by atoms with van der Waals surface area (Å²) < 4.78 is 0. The van der Waals surface area contributed by atoms with Crippen molar-refractivity contribution < 1.29 is 4.79 Å². The smallest absolute Gasteiger partial charge is 0.238 e. The second-order valence-corrected chi connectivity index (χ2v) is 5.97. The summed E-state index contributed by atoms with van der Waals surface area (Å²) >= 11 is 11.8. The summed E-state index contributed by atoms with van der Waals surface area (Å²) in [6, 6.07) is 5.07. The number of benzene rings is 1. The van der Waals surface area contributed by atoms with Crippen LogP contribution in [0.5, 0.6) is 0 Å². The summed E-state index contributed by atoms with van der Waals surface area (Å²) in [5.74, 6) is 0.461. The fraction of sp³-hybridized carbons (Fsp3) is 0.500. The molecule has 2 rings (SSSR count). The number of carbonyl (C=O) groups excluding carboxylic acids is 1. The van der Waals surface area contributed by atoms with Gasteiger partial charge in [-0.15, -0.1) is 12.4 Å². The quantitative estimate of drug-likeness (QED) is 0.875. The first-order valence-electron chi connectivity index (χ1n) is 6.76. The number of hydrogen-bond donors (Lipinski definition) is 2. The first-order chi connectivity index (χ1) is 9.58. The molecule has 1 amide bonds. The molecule has 1 aliphatic heterocycles. The van der Waals surface area contributed by atoms with Crippen molar-refractivity contribution in [1.82, 2.24) is 4.90 Å². The largest absolute Gasteiger partial charge is 0.330 e. The van der Waals surface area contributed by atoms with Crippen molar-refractivity contribution in [3.8, 4) is 0 Å². The van der Waals surface area contributed by atoms with Gasteiger partial charge in [-0.3, -0.25) is 9.69 Å². The standard InChI is InChI=1S/C14H19Cl2N3O.ClH/c15-12-4-3-11(6-13(12)16)18-14(20)9-19-5-1-2-10(7-17)8-19;/h3-4,6,10H,1-2,5,7-9,17H2,(H,18,20);1H. The molecule has 0 aliphatic carbocycles. The molecule has 1 fully saturated rings. The van der Waals surface area contributed by atoms with Gasteiger partial charge in [-0.1, -0.05) is 23.2 Å². The number of carbonyl (C=O) groups is 1. The summed E-state index contributed by atoms with van der Waals surface area (Å²) in [7, 11) is 0. The molecule has 0 aromatic heterocycles.